The minimum Gasteiger partial charge on any atom is -0.353 e. The highest BCUT2D eigenvalue weighted by molar-refractivity contribution is 9.08. The van der Waals surface area contributed by atoms with Crippen molar-refractivity contribution in [3.8, 4) is 0 Å². The molecule has 0 radical (unpaired) electrons. The standard InChI is InChI=1S/C12H16BrN3S2/c1-12(2)8-15(3-6-18-12)10-9(7-13)16-4-5-17-11(16)14-10/h4-5H,3,6-8H2,1-2H3. The number of anilines is 1. The van der Waals surface area contributed by atoms with Gasteiger partial charge in [-0.1, -0.05) is 15.9 Å². The molecule has 0 atom stereocenters. The Kier molecular flexibility index (Phi) is 3.36. The van der Waals surface area contributed by atoms with Crippen LogP contribution < -0.4 is 4.90 Å². The van der Waals surface area contributed by atoms with Crippen LogP contribution in [0.5, 0.6) is 0 Å². The number of hydrogen-bond acceptors (Lipinski definition) is 4. The summed E-state index contributed by atoms with van der Waals surface area (Å²) >= 11 is 7.36. The van der Waals surface area contributed by atoms with E-state index in [4.69, 9.17) is 4.98 Å². The molecule has 18 heavy (non-hydrogen) atoms. The van der Waals surface area contributed by atoms with Gasteiger partial charge in [-0.05, 0) is 13.8 Å². The summed E-state index contributed by atoms with van der Waals surface area (Å²) in [5.74, 6) is 2.34. The molecule has 0 N–H and O–H groups in total. The number of fused-ring (bicyclic) bond motifs is 1. The maximum Gasteiger partial charge on any atom is 0.195 e. The number of aromatic nitrogens is 2. The lowest BCUT2D eigenvalue weighted by Gasteiger charge is -2.38. The SMILES string of the molecule is CC1(C)CN(c2nc3sccn3c2CBr)CCS1. The Balaban J connectivity index is 2.00. The van der Waals surface area contributed by atoms with Gasteiger partial charge in [0.2, 0.25) is 0 Å². The topological polar surface area (TPSA) is 20.5 Å². The first kappa shape index (κ1) is 12.8. The second-order valence-electron chi connectivity index (χ2n) is 5.10. The first-order valence-corrected chi connectivity index (χ1v) is 8.99. The van der Waals surface area contributed by atoms with Gasteiger partial charge in [0.25, 0.3) is 0 Å². The average Bonchev–Trinajstić information content (AvgIpc) is 2.86. The number of nitrogens with zero attached hydrogens (tertiary/aromatic N) is 3. The van der Waals surface area contributed by atoms with Gasteiger partial charge in [-0.15, -0.1) is 11.3 Å². The van der Waals surface area contributed by atoms with E-state index < -0.39 is 0 Å². The van der Waals surface area contributed by atoms with E-state index in [1.54, 1.807) is 11.3 Å². The molecule has 0 saturated carbocycles. The van der Waals surface area contributed by atoms with Crippen LogP contribution in [-0.2, 0) is 5.33 Å². The Morgan fingerprint density at radius 1 is 1.50 bits per heavy atom. The highest BCUT2D eigenvalue weighted by Crippen LogP contribution is 2.34. The largest absolute Gasteiger partial charge is 0.353 e. The van der Waals surface area contributed by atoms with Crippen LogP contribution in [0.15, 0.2) is 11.6 Å². The van der Waals surface area contributed by atoms with Gasteiger partial charge >= 0.3 is 0 Å². The predicted octanol–water partition coefficient (Wildman–Crippen LogP) is 3.62. The molecular weight excluding hydrogens is 330 g/mol. The summed E-state index contributed by atoms with van der Waals surface area (Å²) in [5, 5.41) is 2.94. The molecule has 0 unspecified atom stereocenters. The number of imidazole rings is 1. The fraction of sp³-hybridized carbons (Fsp3) is 0.583. The number of thiazole rings is 1. The molecule has 2 aromatic rings. The Morgan fingerprint density at radius 2 is 2.33 bits per heavy atom. The van der Waals surface area contributed by atoms with Crippen LogP contribution in [0.3, 0.4) is 0 Å². The van der Waals surface area contributed by atoms with Crippen molar-refractivity contribution in [2.75, 3.05) is 23.7 Å². The first-order valence-electron chi connectivity index (χ1n) is 6.00. The monoisotopic (exact) mass is 345 g/mol. The van der Waals surface area contributed by atoms with Crippen molar-refractivity contribution in [3.63, 3.8) is 0 Å². The van der Waals surface area contributed by atoms with Gasteiger partial charge in [-0.2, -0.15) is 11.8 Å². The Morgan fingerprint density at radius 3 is 3.06 bits per heavy atom. The quantitative estimate of drug-likeness (QED) is 0.775. The molecule has 1 aliphatic rings. The van der Waals surface area contributed by atoms with Crippen LogP contribution in [0.2, 0.25) is 0 Å². The molecule has 0 aromatic carbocycles. The molecule has 0 amide bonds. The van der Waals surface area contributed by atoms with Crippen LogP contribution >= 0.6 is 39.0 Å². The molecule has 1 aliphatic heterocycles. The molecule has 0 bridgehead atoms. The lowest BCUT2D eigenvalue weighted by molar-refractivity contribution is 0.642. The molecule has 0 spiro atoms. The number of rotatable bonds is 2. The van der Waals surface area contributed by atoms with Crippen LogP contribution in [-0.4, -0.2) is 33.0 Å². The second-order valence-corrected chi connectivity index (χ2v) is 8.34. The molecule has 3 heterocycles. The maximum absolute atomic E-state index is 4.80. The summed E-state index contributed by atoms with van der Waals surface area (Å²) in [6, 6.07) is 0. The molecule has 6 heteroatoms. The number of hydrogen-bond donors (Lipinski definition) is 0. The minimum absolute atomic E-state index is 0.318. The van der Waals surface area contributed by atoms with Gasteiger partial charge in [-0.25, -0.2) is 4.98 Å². The fourth-order valence-corrected chi connectivity index (χ4v) is 4.76. The second kappa shape index (κ2) is 4.72. The lowest BCUT2D eigenvalue weighted by Crippen LogP contribution is -2.43. The van der Waals surface area contributed by atoms with Gasteiger partial charge in [0.15, 0.2) is 10.8 Å². The van der Waals surface area contributed by atoms with Crippen molar-refractivity contribution >= 4 is 49.8 Å². The summed E-state index contributed by atoms with van der Waals surface area (Å²) in [6.07, 6.45) is 2.11. The summed E-state index contributed by atoms with van der Waals surface area (Å²) in [7, 11) is 0. The number of alkyl halides is 1. The molecular formula is C12H16BrN3S2. The first-order chi connectivity index (χ1) is 8.61. The zero-order valence-corrected chi connectivity index (χ0v) is 13.7. The zero-order chi connectivity index (χ0) is 12.8. The van der Waals surface area contributed by atoms with Crippen molar-refractivity contribution in [2.24, 2.45) is 0 Å². The van der Waals surface area contributed by atoms with E-state index in [0.29, 0.717) is 4.75 Å². The fourth-order valence-electron chi connectivity index (χ4n) is 2.40. The van der Waals surface area contributed by atoms with E-state index in [0.717, 1.165) is 29.2 Å². The predicted molar refractivity (Wildman–Crippen MR) is 84.5 cm³/mol. The summed E-state index contributed by atoms with van der Waals surface area (Å²) in [6.45, 7) is 6.80. The third kappa shape index (κ3) is 2.18. The van der Waals surface area contributed by atoms with E-state index in [1.165, 1.54) is 11.4 Å². The number of halogens is 1. The van der Waals surface area contributed by atoms with Crippen molar-refractivity contribution in [3.05, 3.63) is 17.3 Å². The summed E-state index contributed by atoms with van der Waals surface area (Å²) < 4.78 is 2.52. The molecule has 0 aliphatic carbocycles. The zero-order valence-electron chi connectivity index (χ0n) is 10.5. The van der Waals surface area contributed by atoms with Crippen LogP contribution in [0.25, 0.3) is 4.96 Å². The van der Waals surface area contributed by atoms with Gasteiger partial charge in [0, 0.05) is 40.5 Å². The van der Waals surface area contributed by atoms with E-state index >= 15 is 0 Å². The van der Waals surface area contributed by atoms with Gasteiger partial charge in [-0.3, -0.25) is 4.40 Å². The third-order valence-electron chi connectivity index (χ3n) is 3.19. The molecule has 3 rings (SSSR count). The van der Waals surface area contributed by atoms with E-state index in [-0.39, 0.29) is 0 Å². The van der Waals surface area contributed by atoms with Crippen molar-refractivity contribution in [1.82, 2.24) is 9.38 Å². The van der Waals surface area contributed by atoms with Crippen molar-refractivity contribution in [1.29, 1.82) is 0 Å². The minimum atomic E-state index is 0.318. The maximum atomic E-state index is 4.80. The van der Waals surface area contributed by atoms with E-state index in [1.807, 2.05) is 0 Å². The third-order valence-corrected chi connectivity index (χ3v) is 5.78. The number of thioether (sulfide) groups is 1. The van der Waals surface area contributed by atoms with Crippen molar-refractivity contribution < 1.29 is 0 Å². The lowest BCUT2D eigenvalue weighted by atomic mass is 10.2. The molecule has 2 aromatic heterocycles. The van der Waals surface area contributed by atoms with Crippen LogP contribution in [0.4, 0.5) is 5.82 Å². The Labute approximate surface area is 124 Å². The van der Waals surface area contributed by atoms with Crippen molar-refractivity contribution in [2.45, 2.75) is 23.9 Å². The van der Waals surface area contributed by atoms with Gasteiger partial charge < -0.3 is 4.90 Å². The Hall–Kier alpha value is -0.200. The highest BCUT2D eigenvalue weighted by Gasteiger charge is 2.30. The molecule has 98 valence electrons. The Bertz CT molecular complexity index is 561. The average molecular weight is 346 g/mol. The highest BCUT2D eigenvalue weighted by atomic mass is 79.9. The summed E-state index contributed by atoms with van der Waals surface area (Å²) in [5.41, 5.74) is 1.27. The van der Waals surface area contributed by atoms with E-state index in [2.05, 4.69) is 62.4 Å². The van der Waals surface area contributed by atoms with Gasteiger partial charge in [0.1, 0.15) is 0 Å². The van der Waals surface area contributed by atoms with Crippen LogP contribution in [0, 0.1) is 0 Å². The summed E-state index contributed by atoms with van der Waals surface area (Å²) in [4.78, 5) is 8.33. The smallest absolute Gasteiger partial charge is 0.195 e. The van der Waals surface area contributed by atoms with Crippen LogP contribution in [0.1, 0.15) is 19.5 Å². The van der Waals surface area contributed by atoms with Gasteiger partial charge in [0.05, 0.1) is 5.69 Å². The molecule has 3 nitrogen and oxygen atoms in total. The molecule has 1 saturated heterocycles. The molecule has 1 fully saturated rings. The normalized spacial score (nSPS) is 19.6. The van der Waals surface area contributed by atoms with E-state index in [9.17, 15) is 0 Å².